The molecule has 4 aliphatic heterocycles. The van der Waals surface area contributed by atoms with Crippen molar-refractivity contribution >= 4 is 145 Å². The highest BCUT2D eigenvalue weighted by Gasteiger charge is 2.51. The number of esters is 1. The highest BCUT2D eigenvalue weighted by Crippen LogP contribution is 2.48. The quantitative estimate of drug-likeness (QED) is 0.0609. The molecule has 0 aromatic carbocycles. The average molecular weight is 1630 g/mol. The van der Waals surface area contributed by atoms with Gasteiger partial charge in [0, 0.05) is 32.8 Å². The summed E-state index contributed by atoms with van der Waals surface area (Å²) in [6.07, 6.45) is -2.38. The molecule has 14 atom stereocenters. The Balaban J connectivity index is 1.17. The van der Waals surface area contributed by atoms with Crippen LogP contribution in [0.25, 0.3) is 6.08 Å². The van der Waals surface area contributed by atoms with Gasteiger partial charge in [-0.1, -0.05) is 58.4 Å². The molecule has 10 rings (SSSR count). The van der Waals surface area contributed by atoms with Gasteiger partial charge in [0.1, 0.15) is 107 Å². The second kappa shape index (κ2) is 34.4. The van der Waals surface area contributed by atoms with Crippen molar-refractivity contribution in [2.24, 2.45) is 21.6 Å². The van der Waals surface area contributed by atoms with Crippen molar-refractivity contribution in [1.29, 1.82) is 0 Å². The third-order valence-corrected chi connectivity index (χ3v) is 23.3. The number of thiazole rings is 4. The Bertz CT molecular complexity index is 4880. The van der Waals surface area contributed by atoms with E-state index in [1.807, 2.05) is 0 Å². The van der Waals surface area contributed by atoms with Gasteiger partial charge in [0.2, 0.25) is 23.6 Å². The van der Waals surface area contributed by atoms with Crippen LogP contribution < -0.4 is 64.2 Å². The first kappa shape index (κ1) is 83.7. The molecule has 18 N–H and O–H groups in total. The molecule has 0 saturated heterocycles. The second-order valence-corrected chi connectivity index (χ2v) is 31.4. The Labute approximate surface area is 658 Å². The standard InChI is InChI=1S/C70H79N19O18S5/c1-13-36-63-82-43(22-108-63)60(102)88-51(69(12,106)33(11)92)66-84-42(23-111-66)58(100)87-47-32(10)107-67(105)39-18-34(19-90)35-14-15-37(49(93)48(35)78-39)77-45(25(2)3)61(103)76-29(7)55(97)73-27(5)54(96)74-30(8)56(98)89-70(68-85-44(24-112-68)59(101)86-46(31(9)91)62(104)80-36)17-16-38(79-50(70)40-20-110-65(47)81-40)64-83-41(21-109-64)57(99)75-28(6)53(95)72-26(4)52(71)94/h13-15,18,20-21,23-25,30-33,37,43,45-47,49-51,77,90-93,106H,4-7,16-17,19,22H2,1-3,8-12H3,(H2,71,94)(H,72,95)(H,73,97)(H,74,96)(H,75,99)(H,76,103)(H,80,104)(H,86,101)(H,87,100)(H,88,102)(H,89,98)/b36-13-/t30-,31?,32?,33+,37+,43+,45?,46?,47?,49-,50+,51?,69+,70+/m0/s1. The zero-order chi connectivity index (χ0) is 81.9. The van der Waals surface area contributed by atoms with Gasteiger partial charge in [0.15, 0.2) is 0 Å². The molecule has 112 heavy (non-hydrogen) atoms. The number of nitrogens with two attached hydrogens (primary N) is 1. The van der Waals surface area contributed by atoms with Crippen LogP contribution in [-0.4, -0.2) is 192 Å². The number of nitrogens with one attached hydrogen (secondary N) is 11. The summed E-state index contributed by atoms with van der Waals surface area (Å²) in [6, 6.07) is -10.4. The monoisotopic (exact) mass is 1630 g/mol. The minimum atomic E-state index is -2.21. The maximum atomic E-state index is 15.3. The summed E-state index contributed by atoms with van der Waals surface area (Å²) in [4.78, 5) is 202. The lowest BCUT2D eigenvalue weighted by molar-refractivity contribution is -0.129. The van der Waals surface area contributed by atoms with Crippen molar-refractivity contribution in [3.05, 3.63) is 160 Å². The molecule has 0 fully saturated rings. The lowest BCUT2D eigenvalue weighted by Gasteiger charge is -2.41. The molecule has 37 nitrogen and oxygen atoms in total. The average Bonchev–Trinajstić information content (AvgIpc) is 1.46. The van der Waals surface area contributed by atoms with Crippen LogP contribution in [0.5, 0.6) is 0 Å². The van der Waals surface area contributed by atoms with Gasteiger partial charge >= 0.3 is 5.97 Å². The molecule has 42 heteroatoms. The van der Waals surface area contributed by atoms with Crippen LogP contribution in [0, 0.1) is 5.92 Å². The van der Waals surface area contributed by atoms with Gasteiger partial charge in [-0.15, -0.1) is 57.1 Å². The zero-order valence-electron chi connectivity index (χ0n) is 61.1. The number of hydrogen-bond donors (Lipinski definition) is 17. The number of nitrogens with zero attached hydrogens (tertiary/aromatic N) is 7. The van der Waals surface area contributed by atoms with E-state index in [9.17, 15) is 73.5 Å². The summed E-state index contributed by atoms with van der Waals surface area (Å²) >= 11 is 4.39. The topological polar surface area (TPSA) is 563 Å². The maximum Gasteiger partial charge on any atom is 0.357 e. The molecule has 13 bridgehead atoms. The zero-order valence-corrected chi connectivity index (χ0v) is 65.2. The molecule has 1 aliphatic carbocycles. The number of aliphatic hydroxyl groups excluding tert-OH is 4. The van der Waals surface area contributed by atoms with Gasteiger partial charge in [0.05, 0.1) is 76.5 Å². The lowest BCUT2D eigenvalue weighted by atomic mass is 9.80. The van der Waals surface area contributed by atoms with Crippen LogP contribution in [0.4, 0.5) is 0 Å². The Morgan fingerprint density at radius 3 is 2.12 bits per heavy atom. The molecular weight excluding hydrogens is 1560 g/mol. The molecule has 11 amide bonds. The lowest BCUT2D eigenvalue weighted by Crippen LogP contribution is -2.57. The van der Waals surface area contributed by atoms with Crippen LogP contribution in [-0.2, 0) is 55.2 Å². The van der Waals surface area contributed by atoms with Crippen LogP contribution in [0.2, 0.25) is 0 Å². The van der Waals surface area contributed by atoms with Crippen molar-refractivity contribution in [3.8, 4) is 0 Å². The second-order valence-electron chi connectivity index (χ2n) is 26.9. The first-order chi connectivity index (χ1) is 52.8. The number of primary amides is 1. The number of carbonyl (C=O) groups is 12. The van der Waals surface area contributed by atoms with E-state index in [1.165, 1.54) is 80.4 Å². The maximum absolute atomic E-state index is 15.3. The summed E-state index contributed by atoms with van der Waals surface area (Å²) in [6.45, 7) is 24.8. The number of rotatable bonds is 11. The van der Waals surface area contributed by atoms with E-state index >= 15 is 9.59 Å². The van der Waals surface area contributed by atoms with E-state index in [4.69, 9.17) is 25.4 Å². The van der Waals surface area contributed by atoms with E-state index in [1.54, 1.807) is 20.8 Å². The number of cyclic esters (lactones) is 1. The molecule has 0 spiro atoms. The molecule has 6 unspecified atom stereocenters. The molecule has 5 aromatic heterocycles. The molecule has 5 aliphatic rings. The van der Waals surface area contributed by atoms with Gasteiger partial charge in [-0.05, 0) is 71.9 Å². The highest BCUT2D eigenvalue weighted by molar-refractivity contribution is 8.14. The van der Waals surface area contributed by atoms with E-state index in [0.717, 1.165) is 57.1 Å². The van der Waals surface area contributed by atoms with Crippen molar-refractivity contribution in [1.82, 2.24) is 83.4 Å². The Morgan fingerprint density at radius 2 is 1.45 bits per heavy atom. The number of hydrogen-bond acceptors (Lipinski definition) is 31. The molecule has 0 saturated carbocycles. The smallest absolute Gasteiger partial charge is 0.357 e. The summed E-state index contributed by atoms with van der Waals surface area (Å²) in [7, 11) is 0. The van der Waals surface area contributed by atoms with Crippen LogP contribution in [0.3, 0.4) is 0 Å². The Morgan fingerprint density at radius 1 is 0.768 bits per heavy atom. The van der Waals surface area contributed by atoms with E-state index in [2.05, 4.69) is 105 Å². The number of allylic oxidation sites excluding steroid dienone is 1. The first-order valence-corrected chi connectivity index (χ1v) is 38.8. The minimum absolute atomic E-state index is 0.0176. The van der Waals surface area contributed by atoms with Crippen LogP contribution >= 0.6 is 57.1 Å². The van der Waals surface area contributed by atoms with Crippen molar-refractivity contribution in [2.45, 2.75) is 159 Å². The molecule has 5 aromatic rings. The molecular formula is C70H79N19O18S5. The highest BCUT2D eigenvalue weighted by atomic mass is 32.2. The fourth-order valence-electron chi connectivity index (χ4n) is 11.9. The van der Waals surface area contributed by atoms with Gasteiger partial charge in [-0.25, -0.2) is 29.7 Å². The Kier molecular flexibility index (Phi) is 25.7. The fraction of sp³-hybridized carbons (Fsp3) is 0.386. The largest absolute Gasteiger partial charge is 0.455 e. The number of fused-ring (bicyclic) bond motifs is 7. The van der Waals surface area contributed by atoms with Crippen LogP contribution in [0.15, 0.2) is 105 Å². The van der Waals surface area contributed by atoms with Gasteiger partial charge < -0.3 is 89.2 Å². The number of carbonyl (C=O) groups excluding carboxylic acids is 12. The van der Waals surface area contributed by atoms with Gasteiger partial charge in [-0.2, -0.15) is 0 Å². The van der Waals surface area contributed by atoms with Crippen molar-refractivity contribution in [3.63, 3.8) is 0 Å². The van der Waals surface area contributed by atoms with E-state index in [-0.39, 0.29) is 89.0 Å². The van der Waals surface area contributed by atoms with E-state index in [0.29, 0.717) is 0 Å². The summed E-state index contributed by atoms with van der Waals surface area (Å²) in [5.41, 5.74) is -2.54. The predicted octanol–water partition coefficient (Wildman–Crippen LogP) is -0.0520. The van der Waals surface area contributed by atoms with E-state index < -0.39 is 202 Å². The first-order valence-electron chi connectivity index (χ1n) is 34.3. The van der Waals surface area contributed by atoms with Gasteiger partial charge in [0.25, 0.3) is 41.4 Å². The minimum Gasteiger partial charge on any atom is -0.455 e. The molecule has 592 valence electrons. The molecule has 0 radical (unpaired) electrons. The summed E-state index contributed by atoms with van der Waals surface area (Å²) in [5.74, 6) is -12.7. The van der Waals surface area contributed by atoms with Crippen molar-refractivity contribution < 1.29 is 87.8 Å². The SMILES string of the molecule is C=C(NC(=O)C(=C)NC(=O)c1csc(C2=N[C@@H]3c4csc(n4)C4NC(=O)c5csc(n5)C([C@](C)(O)[C@@H](C)O)NC(=O)[C@H]5CSC(=N5)/C(=C/C)NC(=O)C(C(C)O)NC(=O)c5csc(n5)[C@]3(CC2)NC(=O)[C@H](C)NC(=O)C(=C)NC(=O)C(=C)NC(=O)C(C(C)C)N[C@@H]2C=Cc3c(CO)cc(nc3[C@H]2O)C(=O)OC4C)n1)C(N)=O. The number of amides is 11. The third-order valence-electron chi connectivity index (χ3n) is 18.5. The molecule has 9 heterocycles. The number of aromatic nitrogens is 5. The fourth-order valence-corrected chi connectivity index (χ4v) is 16.7. The van der Waals surface area contributed by atoms with Crippen molar-refractivity contribution in [2.75, 3.05) is 5.75 Å². The number of aliphatic imine (C=N–C) groups is 2. The third kappa shape index (κ3) is 18.1. The number of thioether (sulfide) groups is 1. The number of aliphatic hydroxyl groups is 5. The van der Waals surface area contributed by atoms with Gasteiger partial charge in [-0.3, -0.25) is 68.0 Å². The summed E-state index contributed by atoms with van der Waals surface area (Å²) in [5, 5.41) is 90.8. The normalized spacial score (nSPS) is 25.9. The number of pyridine rings is 1. The predicted molar refractivity (Wildman–Crippen MR) is 409 cm³/mol. The Hall–Kier alpha value is -10.8. The summed E-state index contributed by atoms with van der Waals surface area (Å²) < 4.78 is 6.20. The number of ether oxygens (including phenoxy) is 1. The van der Waals surface area contributed by atoms with Crippen LogP contribution in [0.1, 0.15) is 177 Å².